The maximum absolute atomic E-state index is 11.8. The molecule has 21 heavy (non-hydrogen) atoms. The van der Waals surface area contributed by atoms with Gasteiger partial charge in [0.15, 0.2) is 0 Å². The van der Waals surface area contributed by atoms with Crippen LogP contribution in [-0.4, -0.2) is 79.5 Å². The molecule has 0 aromatic heterocycles. The number of amides is 2. The van der Waals surface area contributed by atoms with Gasteiger partial charge in [-0.15, -0.1) is 0 Å². The summed E-state index contributed by atoms with van der Waals surface area (Å²) in [6, 6.07) is -0.315. The Bertz CT molecular complexity index is 294. The van der Waals surface area contributed by atoms with E-state index in [0.29, 0.717) is 45.8 Å². The van der Waals surface area contributed by atoms with Crippen molar-refractivity contribution in [1.29, 1.82) is 0 Å². The van der Waals surface area contributed by atoms with Crippen molar-refractivity contribution in [2.75, 3.05) is 52.7 Å². The van der Waals surface area contributed by atoms with E-state index in [9.17, 15) is 9.90 Å². The Kier molecular flexibility index (Phi) is 8.55. The van der Waals surface area contributed by atoms with Crippen molar-refractivity contribution in [1.82, 2.24) is 10.4 Å². The van der Waals surface area contributed by atoms with Gasteiger partial charge in [-0.2, -0.15) is 0 Å². The van der Waals surface area contributed by atoms with Crippen molar-refractivity contribution in [3.05, 3.63) is 0 Å². The molecule has 0 aliphatic carbocycles. The third kappa shape index (κ3) is 7.05. The predicted octanol–water partition coefficient (Wildman–Crippen LogP) is -0.500. The van der Waals surface area contributed by atoms with E-state index in [1.54, 1.807) is 4.90 Å². The van der Waals surface area contributed by atoms with E-state index in [1.807, 2.05) is 6.92 Å². The number of nitrogens with one attached hydrogen (secondary N) is 1. The van der Waals surface area contributed by atoms with E-state index >= 15 is 0 Å². The molecule has 0 aromatic rings. The lowest BCUT2D eigenvalue weighted by Gasteiger charge is -2.37. The van der Waals surface area contributed by atoms with Crippen molar-refractivity contribution in [3.8, 4) is 0 Å². The molecule has 1 aliphatic heterocycles. The Morgan fingerprint density at radius 2 is 1.95 bits per heavy atom. The average Bonchev–Trinajstić information content (AvgIpc) is 2.48. The molecule has 3 N–H and O–H groups in total. The van der Waals surface area contributed by atoms with Crippen molar-refractivity contribution >= 4 is 6.03 Å². The maximum atomic E-state index is 11.8. The molecule has 0 bridgehead atoms. The van der Waals surface area contributed by atoms with Crippen LogP contribution >= 0.6 is 0 Å². The first-order valence-corrected chi connectivity index (χ1v) is 7.27. The van der Waals surface area contributed by atoms with Crippen molar-refractivity contribution < 1.29 is 29.3 Å². The van der Waals surface area contributed by atoms with Crippen LogP contribution in [-0.2, 0) is 14.3 Å². The van der Waals surface area contributed by atoms with Crippen LogP contribution in [0.1, 0.15) is 19.8 Å². The van der Waals surface area contributed by atoms with Crippen LogP contribution in [0.4, 0.5) is 4.79 Å². The van der Waals surface area contributed by atoms with Crippen LogP contribution in [0.5, 0.6) is 0 Å². The Morgan fingerprint density at radius 1 is 1.24 bits per heavy atom. The van der Waals surface area contributed by atoms with Crippen LogP contribution < -0.4 is 5.48 Å². The van der Waals surface area contributed by atoms with Crippen molar-refractivity contribution in [3.63, 3.8) is 0 Å². The fourth-order valence-electron chi connectivity index (χ4n) is 2.02. The van der Waals surface area contributed by atoms with Gasteiger partial charge in [0.2, 0.25) is 0 Å². The quantitative estimate of drug-likeness (QED) is 0.392. The smallest absolute Gasteiger partial charge is 0.341 e. The number of carbonyl (C=O) groups is 1. The van der Waals surface area contributed by atoms with Crippen molar-refractivity contribution in [2.45, 2.75) is 25.4 Å². The summed E-state index contributed by atoms with van der Waals surface area (Å²) in [5.41, 5.74) is 1.42. The monoisotopic (exact) mass is 306 g/mol. The normalized spacial score (nSPS) is 17.8. The lowest BCUT2D eigenvalue weighted by Crippen LogP contribution is -2.51. The highest BCUT2D eigenvalue weighted by Crippen LogP contribution is 2.22. The number of hydrogen-bond acceptors (Lipinski definition) is 6. The molecule has 1 fully saturated rings. The van der Waals surface area contributed by atoms with E-state index in [2.05, 4.69) is 5.48 Å². The summed E-state index contributed by atoms with van der Waals surface area (Å²) < 4.78 is 10.2. The number of aliphatic hydroxyl groups excluding tert-OH is 1. The fourth-order valence-corrected chi connectivity index (χ4v) is 2.02. The lowest BCUT2D eigenvalue weighted by atomic mass is 9.92. The summed E-state index contributed by atoms with van der Waals surface area (Å²) in [6.07, 6.45) is 0.871. The van der Waals surface area contributed by atoms with Crippen LogP contribution in [0.15, 0.2) is 0 Å². The van der Waals surface area contributed by atoms with Gasteiger partial charge in [0.05, 0.1) is 38.6 Å². The average molecular weight is 306 g/mol. The highest BCUT2D eigenvalue weighted by atomic mass is 16.7. The second-order valence-electron chi connectivity index (χ2n) is 4.94. The van der Waals surface area contributed by atoms with Gasteiger partial charge >= 0.3 is 6.03 Å². The predicted molar refractivity (Wildman–Crippen MR) is 74.6 cm³/mol. The van der Waals surface area contributed by atoms with E-state index in [1.165, 1.54) is 0 Å². The zero-order valence-corrected chi connectivity index (χ0v) is 12.5. The molecule has 1 rings (SSSR count). The van der Waals surface area contributed by atoms with E-state index < -0.39 is 5.60 Å². The highest BCUT2D eigenvalue weighted by Gasteiger charge is 2.34. The summed E-state index contributed by atoms with van der Waals surface area (Å²) >= 11 is 0. The van der Waals surface area contributed by atoms with Gasteiger partial charge in [0.25, 0.3) is 0 Å². The second-order valence-corrected chi connectivity index (χ2v) is 4.94. The number of aliphatic hydroxyl groups is 2. The largest absolute Gasteiger partial charge is 0.394 e. The molecule has 8 heteroatoms. The number of hydrogen-bond donors (Lipinski definition) is 3. The van der Waals surface area contributed by atoms with E-state index in [4.69, 9.17) is 19.4 Å². The molecule has 0 saturated carbocycles. The van der Waals surface area contributed by atoms with E-state index in [0.717, 1.165) is 0 Å². The van der Waals surface area contributed by atoms with Gasteiger partial charge in [0.1, 0.15) is 0 Å². The summed E-state index contributed by atoms with van der Waals surface area (Å²) in [6.45, 7) is 4.40. The number of rotatable bonds is 9. The number of ether oxygens (including phenoxy) is 2. The molecular weight excluding hydrogens is 280 g/mol. The molecule has 124 valence electrons. The first-order chi connectivity index (χ1) is 10.1. The Labute approximate surface area is 124 Å². The summed E-state index contributed by atoms with van der Waals surface area (Å²) in [4.78, 5) is 18.4. The molecule has 8 nitrogen and oxygen atoms in total. The van der Waals surface area contributed by atoms with Gasteiger partial charge < -0.3 is 24.6 Å². The SMILES string of the molecule is CCOCCONC(=O)N1CCC(O)(COCCO)CC1. The molecule has 1 saturated heterocycles. The Hall–Kier alpha value is -0.930. The number of nitrogens with zero attached hydrogens (tertiary/aromatic N) is 1. The number of urea groups is 1. The molecule has 0 spiro atoms. The van der Waals surface area contributed by atoms with Gasteiger partial charge in [-0.05, 0) is 19.8 Å². The summed E-state index contributed by atoms with van der Waals surface area (Å²) in [5, 5.41) is 18.9. The fraction of sp³-hybridized carbons (Fsp3) is 0.923. The van der Waals surface area contributed by atoms with E-state index in [-0.39, 0.29) is 25.9 Å². The van der Waals surface area contributed by atoms with Gasteiger partial charge in [-0.25, -0.2) is 10.3 Å². The Balaban J connectivity index is 2.17. The van der Waals surface area contributed by atoms with Gasteiger partial charge in [0, 0.05) is 19.7 Å². The molecule has 1 heterocycles. The molecule has 0 aromatic carbocycles. The minimum atomic E-state index is -0.929. The number of piperidine rings is 1. The van der Waals surface area contributed by atoms with Crippen LogP contribution in [0.25, 0.3) is 0 Å². The minimum Gasteiger partial charge on any atom is -0.394 e. The van der Waals surface area contributed by atoms with Gasteiger partial charge in [-0.1, -0.05) is 0 Å². The first kappa shape index (κ1) is 18.1. The zero-order chi connectivity index (χ0) is 15.6. The minimum absolute atomic E-state index is 0.0658. The van der Waals surface area contributed by atoms with Gasteiger partial charge in [-0.3, -0.25) is 4.84 Å². The standard InChI is InChI=1S/C13H26N2O6/c1-2-19-9-10-21-14-12(17)15-5-3-13(18,4-6-15)11-20-8-7-16/h16,18H,2-11H2,1H3,(H,14,17). The second kappa shape index (κ2) is 9.91. The molecule has 0 unspecified atom stereocenters. The topological polar surface area (TPSA) is 100 Å². The zero-order valence-electron chi connectivity index (χ0n) is 12.5. The summed E-state index contributed by atoms with van der Waals surface area (Å²) in [5.74, 6) is 0. The highest BCUT2D eigenvalue weighted by molar-refractivity contribution is 5.73. The lowest BCUT2D eigenvalue weighted by molar-refractivity contribution is -0.0823. The van der Waals surface area contributed by atoms with Crippen LogP contribution in [0, 0.1) is 0 Å². The van der Waals surface area contributed by atoms with Crippen molar-refractivity contribution in [2.24, 2.45) is 0 Å². The molecule has 2 amide bonds. The van der Waals surface area contributed by atoms with Crippen LogP contribution in [0.3, 0.4) is 0 Å². The summed E-state index contributed by atoms with van der Waals surface area (Å²) in [7, 11) is 0. The molecule has 0 radical (unpaired) electrons. The maximum Gasteiger partial charge on any atom is 0.341 e. The van der Waals surface area contributed by atoms with Crippen LogP contribution in [0.2, 0.25) is 0 Å². The molecule has 0 atom stereocenters. The third-order valence-electron chi connectivity index (χ3n) is 3.28. The number of carbonyl (C=O) groups excluding carboxylic acids is 1. The first-order valence-electron chi connectivity index (χ1n) is 7.27. The number of likely N-dealkylation sites (tertiary alicyclic amines) is 1. The number of hydroxylamine groups is 1. The third-order valence-corrected chi connectivity index (χ3v) is 3.28. The molecule has 1 aliphatic rings. The Morgan fingerprint density at radius 3 is 2.57 bits per heavy atom. The molecular formula is C13H26N2O6.